The third kappa shape index (κ3) is 3.80. The molecular weight excluding hydrogens is 311 g/mol. The highest BCUT2D eigenvalue weighted by Gasteiger charge is 2.52. The second kappa shape index (κ2) is 6.93. The van der Waals surface area contributed by atoms with Crippen LogP contribution in [0.4, 0.5) is 0 Å². The van der Waals surface area contributed by atoms with E-state index in [4.69, 9.17) is 9.31 Å². The summed E-state index contributed by atoms with van der Waals surface area (Å²) in [6.45, 7) is 8.30. The molecule has 0 saturated carbocycles. The molecule has 1 aromatic carbocycles. The van der Waals surface area contributed by atoms with E-state index in [0.717, 1.165) is 25.7 Å². The van der Waals surface area contributed by atoms with Gasteiger partial charge in [0.25, 0.3) is 0 Å². The molecule has 3 nitrogen and oxygen atoms in total. The maximum absolute atomic E-state index is 12.3. The van der Waals surface area contributed by atoms with E-state index >= 15 is 0 Å². The van der Waals surface area contributed by atoms with Crippen LogP contribution in [0.3, 0.4) is 0 Å². The highest BCUT2D eigenvalue weighted by atomic mass is 16.7. The van der Waals surface area contributed by atoms with E-state index in [0.29, 0.717) is 5.56 Å². The molecule has 0 N–H and O–H groups in total. The summed E-state index contributed by atoms with van der Waals surface area (Å²) in [5, 5.41) is 0. The summed E-state index contributed by atoms with van der Waals surface area (Å²) in [6.07, 6.45) is 7.87. The Morgan fingerprint density at radius 3 is 2.24 bits per heavy atom. The number of allylic oxidation sites excluding steroid dienone is 4. The molecule has 1 aliphatic carbocycles. The average Bonchev–Trinajstić information content (AvgIpc) is 2.81. The first-order valence-electron chi connectivity index (χ1n) is 9.15. The van der Waals surface area contributed by atoms with Crippen molar-refractivity contribution in [3.63, 3.8) is 0 Å². The van der Waals surface area contributed by atoms with E-state index in [1.165, 1.54) is 11.0 Å². The van der Waals surface area contributed by atoms with Gasteiger partial charge in [-0.05, 0) is 64.9 Å². The molecule has 0 spiro atoms. The molecule has 0 amide bonds. The van der Waals surface area contributed by atoms with E-state index in [2.05, 4.69) is 27.7 Å². The van der Waals surface area contributed by atoms with Crippen molar-refractivity contribution in [2.45, 2.75) is 64.6 Å². The lowest BCUT2D eigenvalue weighted by atomic mass is 9.69. The molecule has 1 saturated heterocycles. The first-order chi connectivity index (χ1) is 11.8. The number of ketones is 1. The Hall–Kier alpha value is -1.65. The standard InChI is InChI=1S/C21H27BO3/c1-20(2)21(3,4)25-22(24-20)18-13-9-8-10-16(18)14-15-19(23)17-11-6-5-7-12-17/h5-7,11-12,14-15H,8-10,13H2,1-4H3. The van der Waals surface area contributed by atoms with Crippen molar-refractivity contribution in [2.24, 2.45) is 0 Å². The summed E-state index contributed by atoms with van der Waals surface area (Å²) >= 11 is 0. The molecule has 0 unspecified atom stereocenters. The van der Waals surface area contributed by atoms with Crippen LogP contribution in [0.15, 0.2) is 53.5 Å². The Morgan fingerprint density at radius 1 is 1.00 bits per heavy atom. The molecule has 1 aromatic rings. The summed E-state index contributed by atoms with van der Waals surface area (Å²) in [6, 6.07) is 9.38. The van der Waals surface area contributed by atoms with Crippen molar-refractivity contribution in [1.29, 1.82) is 0 Å². The average molecular weight is 338 g/mol. The maximum Gasteiger partial charge on any atom is 0.490 e. The molecule has 25 heavy (non-hydrogen) atoms. The Bertz CT molecular complexity index is 685. The number of carbonyl (C=O) groups is 1. The number of rotatable bonds is 4. The summed E-state index contributed by atoms with van der Waals surface area (Å²) in [7, 11) is -0.309. The van der Waals surface area contributed by atoms with E-state index < -0.39 is 0 Å². The normalized spacial score (nSPS) is 22.6. The van der Waals surface area contributed by atoms with Gasteiger partial charge in [0.2, 0.25) is 0 Å². The lowest BCUT2D eigenvalue weighted by Crippen LogP contribution is -2.41. The van der Waals surface area contributed by atoms with Crippen molar-refractivity contribution in [3.8, 4) is 0 Å². The molecule has 1 heterocycles. The fourth-order valence-electron chi connectivity index (χ4n) is 3.27. The van der Waals surface area contributed by atoms with Gasteiger partial charge >= 0.3 is 7.12 Å². The van der Waals surface area contributed by atoms with Crippen LogP contribution in [0, 0.1) is 0 Å². The van der Waals surface area contributed by atoms with Gasteiger partial charge in [-0.1, -0.05) is 42.0 Å². The SMILES string of the molecule is CC1(C)OB(C2=C(C=CC(=O)c3ccccc3)CCCC2)OC1(C)C. The zero-order valence-corrected chi connectivity index (χ0v) is 15.7. The van der Waals surface area contributed by atoms with Gasteiger partial charge in [0.1, 0.15) is 0 Å². The van der Waals surface area contributed by atoms with Crippen LogP contribution in [-0.4, -0.2) is 24.1 Å². The van der Waals surface area contributed by atoms with Gasteiger partial charge in [0, 0.05) is 5.56 Å². The minimum atomic E-state index is -0.337. The smallest absolute Gasteiger partial charge is 0.400 e. The van der Waals surface area contributed by atoms with E-state index in [1.54, 1.807) is 6.08 Å². The first-order valence-corrected chi connectivity index (χ1v) is 9.15. The Labute approximate surface area is 151 Å². The van der Waals surface area contributed by atoms with Crippen LogP contribution in [0.1, 0.15) is 63.7 Å². The highest BCUT2D eigenvalue weighted by Crippen LogP contribution is 2.41. The molecule has 1 fully saturated rings. The molecule has 3 rings (SSSR count). The number of carbonyl (C=O) groups excluding carboxylic acids is 1. The van der Waals surface area contributed by atoms with E-state index in [9.17, 15) is 4.79 Å². The summed E-state index contributed by atoms with van der Waals surface area (Å²) < 4.78 is 12.5. The molecule has 0 radical (unpaired) electrons. The topological polar surface area (TPSA) is 35.5 Å². The monoisotopic (exact) mass is 338 g/mol. The third-order valence-electron chi connectivity index (χ3n) is 5.59. The van der Waals surface area contributed by atoms with Crippen LogP contribution in [0.25, 0.3) is 0 Å². The Balaban J connectivity index is 1.83. The molecular formula is C21H27BO3. The quantitative estimate of drug-likeness (QED) is 0.444. The second-order valence-corrected chi connectivity index (χ2v) is 7.91. The van der Waals surface area contributed by atoms with E-state index in [1.807, 2.05) is 36.4 Å². The van der Waals surface area contributed by atoms with Crippen molar-refractivity contribution in [3.05, 3.63) is 59.1 Å². The fourth-order valence-corrected chi connectivity index (χ4v) is 3.27. The predicted molar refractivity (Wildman–Crippen MR) is 101 cm³/mol. The molecule has 4 heteroatoms. The van der Waals surface area contributed by atoms with Gasteiger partial charge < -0.3 is 9.31 Å². The van der Waals surface area contributed by atoms with Gasteiger partial charge in [-0.25, -0.2) is 0 Å². The van der Waals surface area contributed by atoms with Crippen molar-refractivity contribution >= 4 is 12.9 Å². The Morgan fingerprint density at radius 2 is 1.60 bits per heavy atom. The minimum Gasteiger partial charge on any atom is -0.400 e. The maximum atomic E-state index is 12.3. The van der Waals surface area contributed by atoms with Gasteiger partial charge in [-0.3, -0.25) is 4.79 Å². The van der Waals surface area contributed by atoms with Gasteiger partial charge in [-0.15, -0.1) is 0 Å². The lowest BCUT2D eigenvalue weighted by molar-refractivity contribution is 0.00578. The van der Waals surface area contributed by atoms with Gasteiger partial charge in [0.15, 0.2) is 5.78 Å². The zero-order valence-electron chi connectivity index (χ0n) is 15.7. The summed E-state index contributed by atoms with van der Waals surface area (Å²) in [5.41, 5.74) is 2.43. The fraction of sp³-hybridized carbons (Fsp3) is 0.476. The first kappa shape index (κ1) is 18.2. The largest absolute Gasteiger partial charge is 0.490 e. The number of hydrogen-bond acceptors (Lipinski definition) is 3. The van der Waals surface area contributed by atoms with Crippen molar-refractivity contribution in [2.75, 3.05) is 0 Å². The van der Waals surface area contributed by atoms with Crippen LogP contribution in [0.5, 0.6) is 0 Å². The molecule has 1 aliphatic heterocycles. The lowest BCUT2D eigenvalue weighted by Gasteiger charge is -2.32. The molecule has 0 bridgehead atoms. The molecule has 2 aliphatic rings. The molecule has 0 aromatic heterocycles. The van der Waals surface area contributed by atoms with Crippen LogP contribution < -0.4 is 0 Å². The van der Waals surface area contributed by atoms with Crippen molar-refractivity contribution in [1.82, 2.24) is 0 Å². The highest BCUT2D eigenvalue weighted by molar-refractivity contribution is 6.55. The summed E-state index contributed by atoms with van der Waals surface area (Å²) in [4.78, 5) is 12.3. The minimum absolute atomic E-state index is 0.0342. The zero-order chi connectivity index (χ0) is 18.1. The third-order valence-corrected chi connectivity index (χ3v) is 5.59. The van der Waals surface area contributed by atoms with Crippen molar-refractivity contribution < 1.29 is 14.1 Å². The van der Waals surface area contributed by atoms with Crippen LogP contribution in [-0.2, 0) is 9.31 Å². The van der Waals surface area contributed by atoms with Crippen LogP contribution >= 0.6 is 0 Å². The molecule has 132 valence electrons. The van der Waals surface area contributed by atoms with Gasteiger partial charge in [-0.2, -0.15) is 0 Å². The molecule has 0 atom stereocenters. The van der Waals surface area contributed by atoms with Crippen LogP contribution in [0.2, 0.25) is 0 Å². The van der Waals surface area contributed by atoms with E-state index in [-0.39, 0.29) is 24.1 Å². The predicted octanol–water partition coefficient (Wildman–Crippen LogP) is 4.93. The van der Waals surface area contributed by atoms with Gasteiger partial charge in [0.05, 0.1) is 11.2 Å². The number of benzene rings is 1. The second-order valence-electron chi connectivity index (χ2n) is 7.91. The summed E-state index contributed by atoms with van der Waals surface area (Å²) in [5.74, 6) is 0.0342. The Kier molecular flexibility index (Phi) is 5.03. The number of hydrogen-bond donors (Lipinski definition) is 0.